The number of carbonyl (C=O) groups is 1. The van der Waals surface area contributed by atoms with E-state index >= 15 is 0 Å². The van der Waals surface area contributed by atoms with Gasteiger partial charge in [0.2, 0.25) is 0 Å². The average molecular weight is 309 g/mol. The van der Waals surface area contributed by atoms with Crippen molar-refractivity contribution in [3.63, 3.8) is 0 Å². The number of aryl methyl sites for hydroxylation is 1. The Hall–Kier alpha value is -3.15. The molecule has 0 atom stereocenters. The fourth-order valence-electron chi connectivity index (χ4n) is 2.52. The number of benzene rings is 2. The summed E-state index contributed by atoms with van der Waals surface area (Å²) < 4.78 is 4.40. The lowest BCUT2D eigenvalue weighted by Crippen LogP contribution is -1.89. The van der Waals surface area contributed by atoms with Crippen LogP contribution in [0.5, 0.6) is 5.75 Å². The Balaban J connectivity index is 1.99. The van der Waals surface area contributed by atoms with Crippen molar-refractivity contribution in [3.05, 3.63) is 48.2 Å². The predicted octanol–water partition coefficient (Wildman–Crippen LogP) is 4.70. The molecule has 0 aliphatic carbocycles. The number of phenolic OH excluding ortho intramolecular Hbond substituents is 1. The molecular formula is C17H15N3O3. The van der Waals surface area contributed by atoms with Crippen LogP contribution in [0.4, 0.5) is 10.5 Å². The zero-order valence-corrected chi connectivity index (χ0v) is 12.7. The summed E-state index contributed by atoms with van der Waals surface area (Å²) in [5.41, 5.74) is 4.53. The number of rotatable bonds is 2. The van der Waals surface area contributed by atoms with Crippen molar-refractivity contribution in [2.24, 2.45) is 10.2 Å². The van der Waals surface area contributed by atoms with Crippen LogP contribution in [0.2, 0.25) is 0 Å². The van der Waals surface area contributed by atoms with E-state index in [9.17, 15) is 9.90 Å². The zero-order valence-electron chi connectivity index (χ0n) is 12.7. The Morgan fingerprint density at radius 1 is 1.17 bits per heavy atom. The lowest BCUT2D eigenvalue weighted by molar-refractivity contribution is 0.181. The van der Waals surface area contributed by atoms with E-state index in [0.717, 1.165) is 27.7 Å². The van der Waals surface area contributed by atoms with Crippen molar-refractivity contribution < 1.29 is 14.6 Å². The normalized spacial score (nSPS) is 11.2. The van der Waals surface area contributed by atoms with Gasteiger partial charge in [0.25, 0.3) is 0 Å². The maximum absolute atomic E-state index is 11.0. The van der Waals surface area contributed by atoms with E-state index in [1.165, 1.54) is 7.11 Å². The molecule has 3 rings (SSSR count). The van der Waals surface area contributed by atoms with Gasteiger partial charge in [-0.3, -0.25) is 0 Å². The number of aromatic nitrogens is 1. The number of azo groups is 1. The van der Waals surface area contributed by atoms with Gasteiger partial charge < -0.3 is 14.8 Å². The van der Waals surface area contributed by atoms with Crippen molar-refractivity contribution in [3.8, 4) is 16.9 Å². The highest BCUT2D eigenvalue weighted by Crippen LogP contribution is 2.34. The number of hydrogen-bond donors (Lipinski definition) is 2. The molecule has 6 nitrogen and oxygen atoms in total. The van der Waals surface area contributed by atoms with Gasteiger partial charge in [0, 0.05) is 22.2 Å². The topological polar surface area (TPSA) is 87.0 Å². The van der Waals surface area contributed by atoms with Crippen LogP contribution >= 0.6 is 0 Å². The number of phenols is 1. The van der Waals surface area contributed by atoms with Crippen LogP contribution in [-0.4, -0.2) is 23.3 Å². The highest BCUT2D eigenvalue weighted by atomic mass is 16.5. The number of carbonyl (C=O) groups excluding carboxylic acids is 1. The Morgan fingerprint density at radius 2 is 1.91 bits per heavy atom. The van der Waals surface area contributed by atoms with E-state index in [-0.39, 0.29) is 5.75 Å². The van der Waals surface area contributed by atoms with Gasteiger partial charge in [-0.2, -0.15) is 0 Å². The van der Waals surface area contributed by atoms with Crippen LogP contribution < -0.4 is 0 Å². The highest BCUT2D eigenvalue weighted by molar-refractivity contribution is 5.98. The van der Waals surface area contributed by atoms with Crippen LogP contribution in [-0.2, 0) is 4.74 Å². The van der Waals surface area contributed by atoms with Crippen LogP contribution in [0.25, 0.3) is 22.0 Å². The summed E-state index contributed by atoms with van der Waals surface area (Å²) in [5.74, 6) is 0.223. The fourth-order valence-corrected chi connectivity index (χ4v) is 2.52. The second kappa shape index (κ2) is 5.92. The van der Waals surface area contributed by atoms with Crippen molar-refractivity contribution in [1.29, 1.82) is 0 Å². The Morgan fingerprint density at radius 3 is 2.61 bits per heavy atom. The molecule has 0 saturated carbocycles. The smallest absolute Gasteiger partial charge is 0.452 e. The number of amides is 1. The van der Waals surface area contributed by atoms with E-state index in [2.05, 4.69) is 19.9 Å². The van der Waals surface area contributed by atoms with E-state index in [1.54, 1.807) is 24.3 Å². The Labute approximate surface area is 132 Å². The summed E-state index contributed by atoms with van der Waals surface area (Å²) in [7, 11) is 1.25. The molecule has 0 spiro atoms. The summed E-state index contributed by atoms with van der Waals surface area (Å²) in [5, 5.41) is 17.9. The number of aromatic amines is 1. The van der Waals surface area contributed by atoms with Crippen molar-refractivity contribution in [2.75, 3.05) is 7.11 Å². The number of ether oxygens (including phenoxy) is 1. The molecule has 1 amide bonds. The van der Waals surface area contributed by atoms with Crippen LogP contribution in [0.1, 0.15) is 5.69 Å². The molecule has 1 heterocycles. The lowest BCUT2D eigenvalue weighted by atomic mass is 10.0. The van der Waals surface area contributed by atoms with E-state index in [1.807, 2.05) is 25.1 Å². The molecule has 2 aromatic carbocycles. The summed E-state index contributed by atoms with van der Waals surface area (Å²) in [6, 6.07) is 12.6. The van der Waals surface area contributed by atoms with Crippen LogP contribution in [0.3, 0.4) is 0 Å². The highest BCUT2D eigenvalue weighted by Gasteiger charge is 2.11. The predicted molar refractivity (Wildman–Crippen MR) is 87.1 cm³/mol. The van der Waals surface area contributed by atoms with Crippen molar-refractivity contribution >= 4 is 22.7 Å². The molecule has 0 bridgehead atoms. The average Bonchev–Trinajstić information content (AvgIpc) is 2.88. The third-order valence-corrected chi connectivity index (χ3v) is 3.55. The second-order valence-electron chi connectivity index (χ2n) is 5.07. The fraction of sp³-hybridized carbons (Fsp3) is 0.118. The second-order valence-corrected chi connectivity index (χ2v) is 5.07. The molecule has 23 heavy (non-hydrogen) atoms. The number of aromatic hydroxyl groups is 1. The van der Waals surface area contributed by atoms with Gasteiger partial charge in [0.05, 0.1) is 12.8 Å². The molecule has 0 aliphatic heterocycles. The molecule has 3 aromatic rings. The zero-order chi connectivity index (χ0) is 16.4. The number of methoxy groups -OCH3 is 1. The van der Waals surface area contributed by atoms with Gasteiger partial charge >= 0.3 is 6.09 Å². The van der Waals surface area contributed by atoms with Crippen molar-refractivity contribution in [2.45, 2.75) is 6.92 Å². The standard InChI is InChI=1S/C17H15N3O3/c1-10-16(14-9-13(21)7-8-15(14)18-10)11-3-5-12(6-4-11)19-20-17(22)23-2/h3-9,18,21H,1-2H3. The summed E-state index contributed by atoms with van der Waals surface area (Å²) in [6.07, 6.45) is -0.739. The number of nitrogens with zero attached hydrogens (tertiary/aromatic N) is 2. The Kier molecular flexibility index (Phi) is 3.80. The maximum Gasteiger partial charge on any atom is 0.452 e. The minimum absolute atomic E-state index is 0.223. The van der Waals surface area contributed by atoms with Gasteiger partial charge in [-0.05, 0) is 42.8 Å². The largest absolute Gasteiger partial charge is 0.508 e. The lowest BCUT2D eigenvalue weighted by Gasteiger charge is -2.03. The first-order chi connectivity index (χ1) is 11.1. The minimum atomic E-state index is -0.739. The summed E-state index contributed by atoms with van der Waals surface area (Å²) in [4.78, 5) is 14.3. The van der Waals surface area contributed by atoms with E-state index in [4.69, 9.17) is 0 Å². The number of H-pyrrole nitrogens is 1. The quantitative estimate of drug-likeness (QED) is 0.673. The molecule has 0 radical (unpaired) electrons. The van der Waals surface area contributed by atoms with Crippen LogP contribution in [0, 0.1) is 6.92 Å². The van der Waals surface area contributed by atoms with E-state index in [0.29, 0.717) is 5.69 Å². The minimum Gasteiger partial charge on any atom is -0.508 e. The van der Waals surface area contributed by atoms with Gasteiger partial charge in [-0.25, -0.2) is 4.79 Å². The third-order valence-electron chi connectivity index (χ3n) is 3.55. The van der Waals surface area contributed by atoms with E-state index < -0.39 is 6.09 Å². The molecule has 116 valence electrons. The van der Waals surface area contributed by atoms with Gasteiger partial charge in [0.1, 0.15) is 5.75 Å². The molecular weight excluding hydrogens is 294 g/mol. The van der Waals surface area contributed by atoms with Gasteiger partial charge in [0.15, 0.2) is 0 Å². The SMILES string of the molecule is COC(=O)N=Nc1ccc(-c2c(C)[nH]c3ccc(O)cc23)cc1. The molecule has 0 unspecified atom stereocenters. The molecule has 0 fully saturated rings. The third kappa shape index (κ3) is 2.91. The monoisotopic (exact) mass is 309 g/mol. The van der Waals surface area contributed by atoms with Gasteiger partial charge in [-0.1, -0.05) is 17.2 Å². The maximum atomic E-state index is 11.0. The molecule has 6 heteroatoms. The van der Waals surface area contributed by atoms with Crippen molar-refractivity contribution in [1.82, 2.24) is 4.98 Å². The summed E-state index contributed by atoms with van der Waals surface area (Å²) >= 11 is 0. The number of nitrogens with one attached hydrogen (secondary N) is 1. The summed E-state index contributed by atoms with van der Waals surface area (Å²) in [6.45, 7) is 1.98. The molecule has 1 aromatic heterocycles. The number of fused-ring (bicyclic) bond motifs is 1. The first kappa shape index (κ1) is 14.8. The molecule has 0 aliphatic rings. The molecule has 2 N–H and O–H groups in total. The number of hydrogen-bond acceptors (Lipinski definition) is 4. The van der Waals surface area contributed by atoms with Crippen LogP contribution in [0.15, 0.2) is 52.7 Å². The first-order valence-corrected chi connectivity index (χ1v) is 7.00. The van der Waals surface area contributed by atoms with Gasteiger partial charge in [-0.15, -0.1) is 5.11 Å². The first-order valence-electron chi connectivity index (χ1n) is 7.00. The molecule has 0 saturated heterocycles. The Bertz CT molecular complexity index is 895.